The molecule has 1 fully saturated rings. The van der Waals surface area contributed by atoms with Gasteiger partial charge >= 0.3 is 5.97 Å². The molecule has 2 heterocycles. The third-order valence-corrected chi connectivity index (χ3v) is 7.65. The van der Waals surface area contributed by atoms with Crippen molar-refractivity contribution in [3.8, 4) is 0 Å². The highest BCUT2D eigenvalue weighted by Crippen LogP contribution is 2.22. The van der Waals surface area contributed by atoms with Crippen LogP contribution in [0.15, 0.2) is 9.72 Å². The van der Waals surface area contributed by atoms with Crippen molar-refractivity contribution >= 4 is 37.2 Å². The van der Waals surface area contributed by atoms with Crippen LogP contribution >= 0.6 is 11.3 Å². The molecule has 0 aliphatic carbocycles. The second kappa shape index (κ2) is 5.99. The van der Waals surface area contributed by atoms with Crippen molar-refractivity contribution in [2.24, 2.45) is 0 Å². The van der Waals surface area contributed by atoms with Crippen molar-refractivity contribution in [1.82, 2.24) is 9.71 Å². The van der Waals surface area contributed by atoms with Gasteiger partial charge in [-0.2, -0.15) is 0 Å². The first-order chi connectivity index (χ1) is 9.75. The molecule has 0 amide bonds. The van der Waals surface area contributed by atoms with Crippen molar-refractivity contribution in [3.05, 3.63) is 11.2 Å². The van der Waals surface area contributed by atoms with Gasteiger partial charge in [0.2, 0.25) is 0 Å². The zero-order valence-corrected chi connectivity index (χ0v) is 13.6. The van der Waals surface area contributed by atoms with Crippen molar-refractivity contribution in [2.75, 3.05) is 18.6 Å². The number of nitrogens with zero attached hydrogens (tertiary/aromatic N) is 1. The molecule has 0 aromatic carbocycles. The van der Waals surface area contributed by atoms with Gasteiger partial charge in [-0.1, -0.05) is 0 Å². The summed E-state index contributed by atoms with van der Waals surface area (Å²) in [7, 11) is -6.12. The Labute approximate surface area is 126 Å². The van der Waals surface area contributed by atoms with E-state index in [2.05, 4.69) is 14.4 Å². The predicted octanol–water partition coefficient (Wildman–Crippen LogP) is -0.215. The number of hydrogen-bond acceptors (Lipinski definition) is 8. The lowest BCUT2D eigenvalue weighted by atomic mass is 10.2. The molecule has 11 heteroatoms. The minimum absolute atomic E-state index is 0.0686. The number of ether oxygens (including phenoxy) is 1. The molecule has 118 valence electrons. The van der Waals surface area contributed by atoms with Crippen molar-refractivity contribution in [3.63, 3.8) is 0 Å². The Hall–Kier alpha value is -1.04. The molecule has 8 nitrogen and oxygen atoms in total. The number of carbonyl (C=O) groups is 1. The van der Waals surface area contributed by atoms with E-state index < -0.39 is 31.9 Å². The van der Waals surface area contributed by atoms with Crippen LogP contribution in [0.5, 0.6) is 0 Å². The predicted molar refractivity (Wildman–Crippen MR) is 75.5 cm³/mol. The Bertz CT molecular complexity index is 737. The second-order valence-electron chi connectivity index (χ2n) is 4.55. The molecular formula is C10H14N2O6S3. The summed E-state index contributed by atoms with van der Waals surface area (Å²) >= 11 is 0.777. The number of hydrogen-bond donors (Lipinski definition) is 1. The lowest BCUT2D eigenvalue weighted by Crippen LogP contribution is -2.43. The van der Waals surface area contributed by atoms with E-state index in [4.69, 9.17) is 0 Å². The van der Waals surface area contributed by atoms with E-state index in [0.29, 0.717) is 12.8 Å². The van der Waals surface area contributed by atoms with Crippen LogP contribution in [-0.2, 0) is 24.6 Å². The lowest BCUT2D eigenvalue weighted by molar-refractivity contribution is 0.0590. The first-order valence-corrected chi connectivity index (χ1v) is 10.2. The first kappa shape index (κ1) is 16.3. The number of methoxy groups -OCH3 is 1. The Kier molecular flexibility index (Phi) is 4.66. The van der Waals surface area contributed by atoms with E-state index in [1.807, 2.05) is 0 Å². The molecule has 1 saturated heterocycles. The van der Waals surface area contributed by atoms with Gasteiger partial charge in [0.15, 0.2) is 19.7 Å². The highest BCUT2D eigenvalue weighted by Gasteiger charge is 2.32. The fourth-order valence-corrected chi connectivity index (χ4v) is 6.21. The van der Waals surface area contributed by atoms with Crippen molar-refractivity contribution in [1.29, 1.82) is 0 Å². The zero-order valence-electron chi connectivity index (χ0n) is 11.1. The Morgan fingerprint density at radius 3 is 2.86 bits per heavy atom. The Morgan fingerprint density at radius 1 is 1.52 bits per heavy atom. The van der Waals surface area contributed by atoms with Crippen molar-refractivity contribution in [2.45, 2.75) is 23.1 Å². The number of aromatic nitrogens is 1. The molecule has 0 radical (unpaired) electrons. The number of nitrogens with one attached hydrogen (secondary N) is 1. The summed E-state index contributed by atoms with van der Waals surface area (Å²) in [4.78, 5) is 15.2. The van der Waals surface area contributed by atoms with E-state index in [1.165, 1.54) is 5.51 Å². The van der Waals surface area contributed by atoms with E-state index in [0.717, 1.165) is 18.4 Å². The molecule has 0 spiro atoms. The third-order valence-electron chi connectivity index (χ3n) is 2.94. The summed E-state index contributed by atoms with van der Waals surface area (Å²) in [6, 6.07) is -0.693. The molecule has 1 atom stereocenters. The molecule has 0 bridgehead atoms. The highest BCUT2D eigenvalue weighted by molar-refractivity contribution is 7.92. The van der Waals surface area contributed by atoms with Crippen LogP contribution in [0, 0.1) is 0 Å². The smallest absolute Gasteiger partial charge is 0.358 e. The molecule has 1 unspecified atom stereocenters. The maximum atomic E-state index is 12.3. The van der Waals surface area contributed by atoms with Gasteiger partial charge < -0.3 is 4.74 Å². The van der Waals surface area contributed by atoms with Gasteiger partial charge in [-0.05, 0) is 12.8 Å². The molecule has 1 aromatic rings. The van der Waals surface area contributed by atoms with Gasteiger partial charge in [-0.3, -0.25) is 0 Å². The zero-order chi connectivity index (χ0) is 15.7. The van der Waals surface area contributed by atoms with Crippen molar-refractivity contribution < 1.29 is 26.4 Å². The summed E-state index contributed by atoms with van der Waals surface area (Å²) < 4.78 is 54.1. The standard InChI is InChI=1S/C10H14N2O6S3/c1-18-9(13)8-10(19-6-11-8)21(16,17)12-7-3-2-4-20(14,15)5-7/h6-7,12H,2-5H2,1H3. The summed E-state index contributed by atoms with van der Waals surface area (Å²) in [5.74, 6) is -1.02. The number of carbonyl (C=O) groups excluding carboxylic acids is 1. The average Bonchev–Trinajstić information content (AvgIpc) is 2.86. The van der Waals surface area contributed by atoms with Crippen LogP contribution in [0.1, 0.15) is 23.3 Å². The monoisotopic (exact) mass is 354 g/mol. The molecule has 1 aliphatic heterocycles. The van der Waals surface area contributed by atoms with Crippen LogP contribution in [-0.4, -0.2) is 52.4 Å². The van der Waals surface area contributed by atoms with Gasteiger partial charge in [0.1, 0.15) is 0 Å². The maximum absolute atomic E-state index is 12.3. The number of sulfone groups is 1. The normalized spacial score (nSPS) is 21.9. The van der Waals surface area contributed by atoms with Crippen LogP contribution in [0.2, 0.25) is 0 Å². The van der Waals surface area contributed by atoms with Crippen LogP contribution in [0.4, 0.5) is 0 Å². The molecule has 0 saturated carbocycles. The summed E-state index contributed by atoms with van der Waals surface area (Å²) in [6.07, 6.45) is 0.840. The Balaban J connectivity index is 2.23. The van der Waals surface area contributed by atoms with E-state index in [9.17, 15) is 21.6 Å². The minimum atomic E-state index is -4.01. The maximum Gasteiger partial charge on any atom is 0.358 e. The van der Waals surface area contributed by atoms with Crippen LogP contribution in [0.25, 0.3) is 0 Å². The van der Waals surface area contributed by atoms with Gasteiger partial charge in [0.25, 0.3) is 10.0 Å². The molecule has 2 rings (SSSR count). The number of thiazole rings is 1. The van der Waals surface area contributed by atoms with Gasteiger partial charge in [0.05, 0.1) is 24.1 Å². The number of sulfonamides is 1. The molecule has 1 aromatic heterocycles. The fourth-order valence-electron chi connectivity index (χ4n) is 2.05. The minimum Gasteiger partial charge on any atom is -0.464 e. The van der Waals surface area contributed by atoms with Crippen LogP contribution < -0.4 is 4.72 Å². The molecular weight excluding hydrogens is 340 g/mol. The number of esters is 1. The molecule has 21 heavy (non-hydrogen) atoms. The van der Waals surface area contributed by atoms with E-state index in [1.54, 1.807) is 0 Å². The Morgan fingerprint density at radius 2 is 2.24 bits per heavy atom. The molecule has 1 N–H and O–H groups in total. The molecule has 1 aliphatic rings. The highest BCUT2D eigenvalue weighted by atomic mass is 32.2. The summed E-state index contributed by atoms with van der Waals surface area (Å²) in [5.41, 5.74) is 0.923. The topological polar surface area (TPSA) is 120 Å². The summed E-state index contributed by atoms with van der Waals surface area (Å²) in [5, 5.41) is 0. The first-order valence-electron chi connectivity index (χ1n) is 6.00. The largest absolute Gasteiger partial charge is 0.464 e. The number of rotatable bonds is 4. The van der Waals surface area contributed by atoms with E-state index >= 15 is 0 Å². The fraction of sp³-hybridized carbons (Fsp3) is 0.600. The average molecular weight is 354 g/mol. The second-order valence-corrected chi connectivity index (χ2v) is 9.55. The third kappa shape index (κ3) is 3.78. The SMILES string of the molecule is COC(=O)c1ncsc1S(=O)(=O)NC1CCCS(=O)(=O)C1. The summed E-state index contributed by atoms with van der Waals surface area (Å²) in [6.45, 7) is 0. The van der Waals surface area contributed by atoms with Gasteiger partial charge in [-0.15, -0.1) is 11.3 Å². The van der Waals surface area contributed by atoms with Crippen LogP contribution in [0.3, 0.4) is 0 Å². The quantitative estimate of drug-likeness (QED) is 0.743. The van der Waals surface area contributed by atoms with Gasteiger partial charge in [0, 0.05) is 6.04 Å². The van der Waals surface area contributed by atoms with E-state index in [-0.39, 0.29) is 21.4 Å². The van der Waals surface area contributed by atoms with Gasteiger partial charge in [-0.25, -0.2) is 31.3 Å². The lowest BCUT2D eigenvalue weighted by Gasteiger charge is -2.22.